The van der Waals surface area contributed by atoms with E-state index in [0.717, 1.165) is 12.5 Å². The average molecular weight is 239 g/mol. The molecule has 1 unspecified atom stereocenters. The Kier molecular flexibility index (Phi) is 6.07. The van der Waals surface area contributed by atoms with Gasteiger partial charge >= 0.3 is 0 Å². The molecule has 0 aliphatic carbocycles. The fourth-order valence-corrected chi connectivity index (χ4v) is 2.69. The van der Waals surface area contributed by atoms with E-state index in [1.807, 2.05) is 11.3 Å². The van der Waals surface area contributed by atoms with Crippen molar-refractivity contribution < 1.29 is 0 Å². The SMILES string of the molecule is Cc1ccc(C(C)NCCCCC(C)C)s1. The Morgan fingerprint density at radius 1 is 1.19 bits per heavy atom. The maximum atomic E-state index is 3.60. The van der Waals surface area contributed by atoms with Gasteiger partial charge in [0.1, 0.15) is 0 Å². The fraction of sp³-hybridized carbons (Fsp3) is 0.714. The van der Waals surface area contributed by atoms with E-state index in [2.05, 4.69) is 45.1 Å². The van der Waals surface area contributed by atoms with Crippen LogP contribution in [0.1, 0.15) is 55.8 Å². The van der Waals surface area contributed by atoms with Gasteiger partial charge in [-0.3, -0.25) is 0 Å². The van der Waals surface area contributed by atoms with E-state index in [-0.39, 0.29) is 0 Å². The van der Waals surface area contributed by atoms with Gasteiger partial charge in [-0.15, -0.1) is 11.3 Å². The molecule has 1 rings (SSSR count). The molecular formula is C14H25NS. The molecule has 1 aromatic rings. The average Bonchev–Trinajstić information content (AvgIpc) is 2.63. The molecule has 1 heterocycles. The van der Waals surface area contributed by atoms with Crippen molar-refractivity contribution in [1.29, 1.82) is 0 Å². The summed E-state index contributed by atoms with van der Waals surface area (Å²) < 4.78 is 0. The Hall–Kier alpha value is -0.340. The van der Waals surface area contributed by atoms with E-state index >= 15 is 0 Å². The van der Waals surface area contributed by atoms with Crippen molar-refractivity contribution in [1.82, 2.24) is 5.32 Å². The highest BCUT2D eigenvalue weighted by Gasteiger charge is 2.06. The van der Waals surface area contributed by atoms with E-state index in [9.17, 15) is 0 Å². The second-order valence-corrected chi connectivity index (χ2v) is 6.33. The summed E-state index contributed by atoms with van der Waals surface area (Å²) in [6.07, 6.45) is 4.00. The van der Waals surface area contributed by atoms with E-state index in [1.165, 1.54) is 29.0 Å². The zero-order valence-electron chi connectivity index (χ0n) is 11.0. The monoisotopic (exact) mass is 239 g/mol. The first kappa shape index (κ1) is 13.7. The summed E-state index contributed by atoms with van der Waals surface area (Å²) in [5.41, 5.74) is 0. The summed E-state index contributed by atoms with van der Waals surface area (Å²) in [7, 11) is 0. The fourth-order valence-electron chi connectivity index (χ4n) is 1.78. The van der Waals surface area contributed by atoms with Crippen LogP contribution in [0.4, 0.5) is 0 Å². The smallest absolute Gasteiger partial charge is 0.0386 e. The van der Waals surface area contributed by atoms with Crippen LogP contribution in [0.25, 0.3) is 0 Å². The molecule has 1 nitrogen and oxygen atoms in total. The number of hydrogen-bond donors (Lipinski definition) is 1. The van der Waals surface area contributed by atoms with Gasteiger partial charge in [0, 0.05) is 15.8 Å². The molecule has 0 aliphatic heterocycles. The van der Waals surface area contributed by atoms with Crippen LogP contribution in [0.15, 0.2) is 12.1 Å². The predicted molar refractivity (Wildman–Crippen MR) is 74.2 cm³/mol. The lowest BCUT2D eigenvalue weighted by Gasteiger charge is -2.12. The van der Waals surface area contributed by atoms with Gasteiger partial charge in [-0.1, -0.05) is 26.7 Å². The highest BCUT2D eigenvalue weighted by molar-refractivity contribution is 7.12. The Bertz CT molecular complexity index is 291. The molecule has 0 bridgehead atoms. The van der Waals surface area contributed by atoms with Crippen LogP contribution in [0.3, 0.4) is 0 Å². The van der Waals surface area contributed by atoms with Gasteiger partial charge in [0.2, 0.25) is 0 Å². The van der Waals surface area contributed by atoms with Gasteiger partial charge in [0.05, 0.1) is 0 Å². The first-order valence-corrected chi connectivity index (χ1v) is 7.21. The summed E-state index contributed by atoms with van der Waals surface area (Å²) in [4.78, 5) is 2.87. The zero-order valence-corrected chi connectivity index (χ0v) is 11.9. The van der Waals surface area contributed by atoms with Crippen molar-refractivity contribution in [2.75, 3.05) is 6.54 Å². The number of aryl methyl sites for hydroxylation is 1. The summed E-state index contributed by atoms with van der Waals surface area (Å²) >= 11 is 1.90. The number of hydrogen-bond acceptors (Lipinski definition) is 2. The van der Waals surface area contributed by atoms with E-state index in [0.29, 0.717) is 6.04 Å². The largest absolute Gasteiger partial charge is 0.309 e. The van der Waals surface area contributed by atoms with Crippen LogP contribution in [0.5, 0.6) is 0 Å². The van der Waals surface area contributed by atoms with Crippen LogP contribution in [-0.2, 0) is 0 Å². The number of unbranched alkanes of at least 4 members (excludes halogenated alkanes) is 1. The van der Waals surface area contributed by atoms with Crippen molar-refractivity contribution in [2.24, 2.45) is 5.92 Å². The first-order chi connectivity index (χ1) is 7.59. The molecule has 1 aromatic heterocycles. The molecule has 1 atom stereocenters. The molecule has 0 saturated carbocycles. The molecule has 2 heteroatoms. The maximum Gasteiger partial charge on any atom is 0.0386 e. The topological polar surface area (TPSA) is 12.0 Å². The van der Waals surface area contributed by atoms with Crippen LogP contribution in [0.2, 0.25) is 0 Å². The van der Waals surface area contributed by atoms with Gasteiger partial charge < -0.3 is 5.32 Å². The third kappa shape index (κ3) is 5.13. The normalized spacial score (nSPS) is 13.3. The van der Waals surface area contributed by atoms with Crippen LogP contribution in [-0.4, -0.2) is 6.54 Å². The number of nitrogens with one attached hydrogen (secondary N) is 1. The van der Waals surface area contributed by atoms with Crippen LogP contribution >= 0.6 is 11.3 Å². The van der Waals surface area contributed by atoms with Gasteiger partial charge in [-0.2, -0.15) is 0 Å². The molecule has 0 aromatic carbocycles. The zero-order chi connectivity index (χ0) is 12.0. The number of thiophene rings is 1. The first-order valence-electron chi connectivity index (χ1n) is 6.39. The maximum absolute atomic E-state index is 3.60. The summed E-state index contributed by atoms with van der Waals surface area (Å²) in [6, 6.07) is 4.96. The molecule has 0 saturated heterocycles. The minimum Gasteiger partial charge on any atom is -0.309 e. The summed E-state index contributed by atoms with van der Waals surface area (Å²) in [5.74, 6) is 0.845. The lowest BCUT2D eigenvalue weighted by Crippen LogP contribution is -2.19. The minimum absolute atomic E-state index is 0.512. The quantitative estimate of drug-likeness (QED) is 0.689. The summed E-state index contributed by atoms with van der Waals surface area (Å²) in [5, 5.41) is 3.60. The molecule has 0 fully saturated rings. The second kappa shape index (κ2) is 7.08. The predicted octanol–water partition coefficient (Wildman–Crippen LogP) is 4.53. The van der Waals surface area contributed by atoms with Crippen LogP contribution in [0, 0.1) is 12.8 Å². The lowest BCUT2D eigenvalue weighted by molar-refractivity contribution is 0.500. The standard InChI is InChI=1S/C14H25NS/c1-11(2)7-5-6-10-15-13(4)14-9-8-12(3)16-14/h8-9,11,13,15H,5-7,10H2,1-4H3. The van der Waals surface area contributed by atoms with Crippen molar-refractivity contribution in [3.8, 4) is 0 Å². The highest BCUT2D eigenvalue weighted by Crippen LogP contribution is 2.22. The minimum atomic E-state index is 0.512. The van der Waals surface area contributed by atoms with E-state index < -0.39 is 0 Å². The molecule has 0 radical (unpaired) electrons. The second-order valence-electron chi connectivity index (χ2n) is 5.01. The van der Waals surface area contributed by atoms with E-state index in [4.69, 9.17) is 0 Å². The molecule has 0 amide bonds. The molecule has 92 valence electrons. The van der Waals surface area contributed by atoms with Crippen molar-refractivity contribution in [2.45, 2.75) is 53.0 Å². The van der Waals surface area contributed by atoms with Crippen molar-refractivity contribution >= 4 is 11.3 Å². The van der Waals surface area contributed by atoms with Gasteiger partial charge in [-0.25, -0.2) is 0 Å². The van der Waals surface area contributed by atoms with Crippen LogP contribution < -0.4 is 5.32 Å². The van der Waals surface area contributed by atoms with Gasteiger partial charge in [0.25, 0.3) is 0 Å². The third-order valence-corrected chi connectivity index (χ3v) is 4.03. The van der Waals surface area contributed by atoms with Gasteiger partial charge in [-0.05, 0) is 44.9 Å². The van der Waals surface area contributed by atoms with E-state index in [1.54, 1.807) is 0 Å². The molecule has 0 spiro atoms. The molecule has 16 heavy (non-hydrogen) atoms. The molecule has 0 aliphatic rings. The highest BCUT2D eigenvalue weighted by atomic mass is 32.1. The molecular weight excluding hydrogens is 214 g/mol. The third-order valence-electron chi connectivity index (χ3n) is 2.85. The summed E-state index contributed by atoms with van der Waals surface area (Å²) in [6.45, 7) is 10.2. The van der Waals surface area contributed by atoms with Crippen molar-refractivity contribution in [3.63, 3.8) is 0 Å². The van der Waals surface area contributed by atoms with Gasteiger partial charge in [0.15, 0.2) is 0 Å². The lowest BCUT2D eigenvalue weighted by atomic mass is 10.1. The Labute approximate surface area is 104 Å². The molecule has 1 N–H and O–H groups in total. The Morgan fingerprint density at radius 2 is 1.94 bits per heavy atom. The Balaban J connectivity index is 2.13. The van der Waals surface area contributed by atoms with Crippen molar-refractivity contribution in [3.05, 3.63) is 21.9 Å². The Morgan fingerprint density at radius 3 is 2.50 bits per heavy atom. The number of rotatable bonds is 7.